The maximum absolute atomic E-state index is 11.6. The van der Waals surface area contributed by atoms with Crippen molar-refractivity contribution < 1.29 is 14.3 Å². The van der Waals surface area contributed by atoms with Crippen LogP contribution in [-0.2, 0) is 6.54 Å². The molecule has 0 aliphatic carbocycles. The molecular weight excluding hydrogens is 388 g/mol. The van der Waals surface area contributed by atoms with Gasteiger partial charge in [-0.3, -0.25) is 0 Å². The van der Waals surface area contributed by atoms with Crippen molar-refractivity contribution in [2.24, 2.45) is 0 Å². The third kappa shape index (κ3) is 3.85. The molecule has 0 fully saturated rings. The number of nitrogens with zero attached hydrogens (tertiary/aromatic N) is 7. The monoisotopic (exact) mass is 406 g/mol. The predicted octanol–water partition coefficient (Wildman–Crippen LogP) is 2.43. The molecule has 0 aliphatic heterocycles. The van der Waals surface area contributed by atoms with Crippen molar-refractivity contribution in [1.82, 2.24) is 35.8 Å². The second kappa shape index (κ2) is 8.47. The summed E-state index contributed by atoms with van der Waals surface area (Å²) in [6.45, 7) is 2.80. The Kier molecular flexibility index (Phi) is 5.42. The number of benzene rings is 1. The van der Waals surface area contributed by atoms with Crippen molar-refractivity contribution in [3.05, 3.63) is 54.0 Å². The first kappa shape index (κ1) is 19.2. The zero-order valence-corrected chi connectivity index (χ0v) is 16.1. The van der Waals surface area contributed by atoms with Crippen LogP contribution in [0.3, 0.4) is 0 Å². The average Bonchev–Trinajstić information content (AvgIpc) is 3.46. The molecule has 3 aromatic heterocycles. The maximum atomic E-state index is 11.6. The van der Waals surface area contributed by atoms with Gasteiger partial charge in [-0.1, -0.05) is 25.1 Å². The second-order valence-corrected chi connectivity index (χ2v) is 6.40. The van der Waals surface area contributed by atoms with E-state index in [0.29, 0.717) is 35.5 Å². The van der Waals surface area contributed by atoms with Gasteiger partial charge in [0.25, 0.3) is 0 Å². The van der Waals surface area contributed by atoms with Crippen LogP contribution in [0.25, 0.3) is 22.8 Å². The minimum atomic E-state index is -1.04. The number of pyridine rings is 1. The number of carboxylic acid groups (broad SMARTS) is 1. The zero-order chi connectivity index (χ0) is 20.9. The highest BCUT2D eigenvalue weighted by Gasteiger charge is 2.21. The maximum Gasteiger partial charge on any atom is 0.339 e. The largest absolute Gasteiger partial charge is 0.478 e. The van der Waals surface area contributed by atoms with E-state index in [1.807, 2.05) is 36.1 Å². The number of hydrogen-bond donors (Lipinski definition) is 2. The molecule has 4 rings (SSSR count). The van der Waals surface area contributed by atoms with Gasteiger partial charge in [0.15, 0.2) is 5.82 Å². The van der Waals surface area contributed by atoms with Crippen LogP contribution in [0.4, 0.5) is 5.82 Å². The molecule has 0 unspecified atom stereocenters. The van der Waals surface area contributed by atoms with Crippen LogP contribution in [-0.4, -0.2) is 53.4 Å². The Morgan fingerprint density at radius 1 is 1.13 bits per heavy atom. The Morgan fingerprint density at radius 3 is 2.70 bits per heavy atom. The van der Waals surface area contributed by atoms with Crippen molar-refractivity contribution in [2.75, 3.05) is 11.4 Å². The normalized spacial score (nSPS) is 10.8. The number of anilines is 1. The number of aromatic nitrogens is 7. The summed E-state index contributed by atoms with van der Waals surface area (Å²) in [6, 6.07) is 10.5. The van der Waals surface area contributed by atoms with Gasteiger partial charge in [0.05, 0.1) is 6.54 Å². The van der Waals surface area contributed by atoms with E-state index >= 15 is 0 Å². The van der Waals surface area contributed by atoms with E-state index in [4.69, 9.17) is 4.42 Å². The highest BCUT2D eigenvalue weighted by molar-refractivity contribution is 5.93. The van der Waals surface area contributed by atoms with E-state index in [1.165, 1.54) is 6.07 Å². The molecule has 1 aromatic carbocycles. The topological polar surface area (TPSA) is 147 Å². The van der Waals surface area contributed by atoms with Gasteiger partial charge >= 0.3 is 5.97 Å². The molecule has 11 nitrogen and oxygen atoms in total. The fourth-order valence-electron chi connectivity index (χ4n) is 3.08. The van der Waals surface area contributed by atoms with Crippen molar-refractivity contribution in [3.63, 3.8) is 0 Å². The van der Waals surface area contributed by atoms with E-state index in [2.05, 4.69) is 35.8 Å². The lowest BCUT2D eigenvalue weighted by molar-refractivity contribution is 0.0697. The molecule has 0 aliphatic rings. The fraction of sp³-hybridized carbons (Fsp3) is 0.211. The van der Waals surface area contributed by atoms with Crippen LogP contribution in [0.2, 0.25) is 0 Å². The number of aromatic amines is 1. The lowest BCUT2D eigenvalue weighted by atomic mass is 10.1. The zero-order valence-electron chi connectivity index (χ0n) is 16.1. The van der Waals surface area contributed by atoms with Crippen molar-refractivity contribution in [1.29, 1.82) is 0 Å². The minimum absolute atomic E-state index is 0.119. The number of carbonyl (C=O) groups is 1. The van der Waals surface area contributed by atoms with Gasteiger partial charge in [0, 0.05) is 23.9 Å². The standard InChI is InChI=1S/C19H18N8O3/c1-2-10-27(17-14(19(28)29)8-5-9-20-17)11-15-21-24-18(30-15)13-7-4-3-6-12(13)16-22-25-26-23-16/h3-9H,2,10-11H2,1H3,(H,28,29)(H,22,23,25,26). The molecule has 0 bridgehead atoms. The molecule has 0 atom stereocenters. The molecule has 0 saturated carbocycles. The van der Waals surface area contributed by atoms with Crippen LogP contribution in [0.1, 0.15) is 29.6 Å². The van der Waals surface area contributed by atoms with Crippen LogP contribution >= 0.6 is 0 Å². The van der Waals surface area contributed by atoms with Gasteiger partial charge in [-0.2, -0.15) is 0 Å². The van der Waals surface area contributed by atoms with E-state index < -0.39 is 5.97 Å². The summed E-state index contributed by atoms with van der Waals surface area (Å²) in [5.41, 5.74) is 1.52. The molecule has 4 aromatic rings. The van der Waals surface area contributed by atoms with Gasteiger partial charge in [-0.15, -0.1) is 15.3 Å². The second-order valence-electron chi connectivity index (χ2n) is 6.40. The smallest absolute Gasteiger partial charge is 0.339 e. The fourth-order valence-corrected chi connectivity index (χ4v) is 3.08. The lowest BCUT2D eigenvalue weighted by Crippen LogP contribution is -2.26. The Bertz CT molecular complexity index is 1140. The number of nitrogens with one attached hydrogen (secondary N) is 1. The van der Waals surface area contributed by atoms with E-state index in [0.717, 1.165) is 12.0 Å². The van der Waals surface area contributed by atoms with Crippen molar-refractivity contribution in [2.45, 2.75) is 19.9 Å². The SMILES string of the molecule is CCCN(Cc1nnc(-c2ccccc2-c2nnn[nH]2)o1)c1ncccc1C(=O)O. The quantitative estimate of drug-likeness (QED) is 0.447. The van der Waals surface area contributed by atoms with Crippen LogP contribution in [0.15, 0.2) is 47.0 Å². The summed E-state index contributed by atoms with van der Waals surface area (Å²) in [7, 11) is 0. The highest BCUT2D eigenvalue weighted by Crippen LogP contribution is 2.29. The van der Waals surface area contributed by atoms with Gasteiger partial charge in [-0.25, -0.2) is 14.9 Å². The predicted molar refractivity (Wildman–Crippen MR) is 105 cm³/mol. The van der Waals surface area contributed by atoms with Gasteiger partial charge in [-0.05, 0) is 35.0 Å². The summed E-state index contributed by atoms with van der Waals surface area (Å²) in [5.74, 6) is 0.455. The number of aromatic carboxylic acids is 1. The van der Waals surface area contributed by atoms with Gasteiger partial charge in [0.1, 0.15) is 11.4 Å². The summed E-state index contributed by atoms with van der Waals surface area (Å²) in [5, 5.41) is 31.7. The average molecular weight is 406 g/mol. The van der Waals surface area contributed by atoms with E-state index in [1.54, 1.807) is 12.3 Å². The Morgan fingerprint density at radius 2 is 1.97 bits per heavy atom. The molecule has 152 valence electrons. The molecular formula is C19H18N8O3. The van der Waals surface area contributed by atoms with Crippen molar-refractivity contribution in [3.8, 4) is 22.8 Å². The third-order valence-electron chi connectivity index (χ3n) is 4.36. The summed E-state index contributed by atoms with van der Waals surface area (Å²) < 4.78 is 5.89. The minimum Gasteiger partial charge on any atom is -0.478 e. The molecule has 0 spiro atoms. The molecule has 0 amide bonds. The number of rotatable bonds is 8. The van der Waals surface area contributed by atoms with Crippen molar-refractivity contribution >= 4 is 11.8 Å². The Balaban J connectivity index is 1.64. The molecule has 0 saturated heterocycles. The van der Waals surface area contributed by atoms with Crippen LogP contribution < -0.4 is 4.90 Å². The van der Waals surface area contributed by atoms with Gasteiger partial charge in [0.2, 0.25) is 11.8 Å². The molecule has 3 heterocycles. The molecule has 0 radical (unpaired) electrons. The first-order valence-electron chi connectivity index (χ1n) is 9.26. The number of tetrazole rings is 1. The van der Waals surface area contributed by atoms with Gasteiger partial charge < -0.3 is 14.4 Å². The number of H-pyrrole nitrogens is 1. The summed E-state index contributed by atoms with van der Waals surface area (Å²) >= 11 is 0. The van der Waals surface area contributed by atoms with E-state index in [9.17, 15) is 9.90 Å². The van der Waals surface area contributed by atoms with Crippen LogP contribution in [0.5, 0.6) is 0 Å². The van der Waals surface area contributed by atoms with Crippen LogP contribution in [0, 0.1) is 0 Å². The molecule has 11 heteroatoms. The van der Waals surface area contributed by atoms with E-state index in [-0.39, 0.29) is 12.1 Å². The highest BCUT2D eigenvalue weighted by atomic mass is 16.4. The Labute approximate surface area is 170 Å². The molecule has 2 N–H and O–H groups in total. The summed E-state index contributed by atoms with van der Waals surface area (Å²) in [4.78, 5) is 17.7. The Hall–Kier alpha value is -4.15. The molecule has 30 heavy (non-hydrogen) atoms. The third-order valence-corrected chi connectivity index (χ3v) is 4.36. The number of hydrogen-bond acceptors (Lipinski definition) is 9. The first-order valence-corrected chi connectivity index (χ1v) is 9.26. The summed E-state index contributed by atoms with van der Waals surface area (Å²) in [6.07, 6.45) is 2.35. The lowest BCUT2D eigenvalue weighted by Gasteiger charge is -2.22. The number of carboxylic acids is 1. The first-order chi connectivity index (χ1) is 14.7.